The van der Waals surface area contributed by atoms with Crippen molar-refractivity contribution in [1.82, 2.24) is 0 Å². The van der Waals surface area contributed by atoms with Gasteiger partial charge in [-0.2, -0.15) is 0 Å². The summed E-state index contributed by atoms with van der Waals surface area (Å²) in [6, 6.07) is 2.82. The van der Waals surface area contributed by atoms with Gasteiger partial charge in [0.15, 0.2) is 5.88 Å². The van der Waals surface area contributed by atoms with E-state index >= 15 is 0 Å². The minimum atomic E-state index is -1.10. The fourth-order valence-electron chi connectivity index (χ4n) is 1.69. The number of carbonyl (C=O) groups is 1. The van der Waals surface area contributed by atoms with Crippen molar-refractivity contribution >= 4 is 11.9 Å². The number of anilines is 1. The van der Waals surface area contributed by atoms with Gasteiger partial charge in [-0.3, -0.25) is 0 Å². The van der Waals surface area contributed by atoms with Gasteiger partial charge in [0, 0.05) is 12.6 Å². The molecule has 1 aliphatic heterocycles. The van der Waals surface area contributed by atoms with Crippen LogP contribution >= 0.6 is 0 Å². The van der Waals surface area contributed by atoms with Gasteiger partial charge in [-0.25, -0.2) is 4.79 Å². The highest BCUT2D eigenvalue weighted by Crippen LogP contribution is 2.22. The molecule has 1 aliphatic rings. The number of hydrogen-bond acceptors (Lipinski definition) is 5. The van der Waals surface area contributed by atoms with Gasteiger partial charge in [-0.1, -0.05) is 0 Å². The molecule has 2 rings (SSSR count). The Morgan fingerprint density at radius 1 is 1.56 bits per heavy atom. The Labute approximate surface area is 92.0 Å². The third kappa shape index (κ3) is 2.02. The highest BCUT2D eigenvalue weighted by Gasteiger charge is 2.25. The molecule has 2 N–H and O–H groups in total. The van der Waals surface area contributed by atoms with Crippen molar-refractivity contribution < 1.29 is 24.2 Å². The number of furan rings is 1. The molecule has 16 heavy (non-hydrogen) atoms. The van der Waals surface area contributed by atoms with Crippen LogP contribution in [0.3, 0.4) is 0 Å². The van der Waals surface area contributed by atoms with E-state index in [4.69, 9.17) is 19.4 Å². The van der Waals surface area contributed by atoms with Crippen LogP contribution in [0.1, 0.15) is 10.6 Å². The number of hydrogen-bond donors (Lipinski definition) is 2. The summed E-state index contributed by atoms with van der Waals surface area (Å²) >= 11 is 0. The zero-order valence-corrected chi connectivity index (χ0v) is 8.63. The van der Waals surface area contributed by atoms with E-state index in [1.54, 1.807) is 6.07 Å². The largest absolute Gasteiger partial charge is 0.475 e. The van der Waals surface area contributed by atoms with Crippen molar-refractivity contribution in [2.45, 2.75) is 6.04 Å². The van der Waals surface area contributed by atoms with Crippen molar-refractivity contribution in [3.63, 3.8) is 0 Å². The maximum absolute atomic E-state index is 10.7. The summed E-state index contributed by atoms with van der Waals surface area (Å²) in [5.74, 6) is -0.738. The number of ether oxygens (including phenoxy) is 1. The molecular formula is C10H13NO5. The summed E-state index contributed by atoms with van der Waals surface area (Å²) in [7, 11) is 0. The topological polar surface area (TPSA) is 83.1 Å². The molecule has 0 aromatic carbocycles. The van der Waals surface area contributed by atoms with E-state index in [9.17, 15) is 4.79 Å². The summed E-state index contributed by atoms with van der Waals surface area (Å²) in [4.78, 5) is 12.5. The van der Waals surface area contributed by atoms with E-state index in [1.165, 1.54) is 6.07 Å². The maximum Gasteiger partial charge on any atom is 0.371 e. The number of aromatic carboxylic acids is 1. The lowest BCUT2D eigenvalue weighted by Gasteiger charge is -2.34. The monoisotopic (exact) mass is 227 g/mol. The van der Waals surface area contributed by atoms with Crippen LogP contribution in [0.15, 0.2) is 16.5 Å². The zero-order chi connectivity index (χ0) is 11.5. The van der Waals surface area contributed by atoms with Crippen LogP contribution < -0.4 is 4.90 Å². The first kappa shape index (κ1) is 11.0. The fourth-order valence-corrected chi connectivity index (χ4v) is 1.69. The second kappa shape index (κ2) is 4.54. The van der Waals surface area contributed by atoms with Gasteiger partial charge >= 0.3 is 5.97 Å². The normalized spacial score (nSPS) is 21.1. The summed E-state index contributed by atoms with van der Waals surface area (Å²) in [6.45, 7) is 1.49. The lowest BCUT2D eigenvalue weighted by Crippen LogP contribution is -2.47. The Morgan fingerprint density at radius 2 is 2.38 bits per heavy atom. The summed E-state index contributed by atoms with van der Waals surface area (Å²) in [5.41, 5.74) is 0. The molecule has 2 heterocycles. The van der Waals surface area contributed by atoms with Crippen LogP contribution in [0.2, 0.25) is 0 Å². The number of aliphatic hydroxyl groups is 1. The van der Waals surface area contributed by atoms with Crippen LogP contribution in [0.25, 0.3) is 0 Å². The molecule has 0 saturated carbocycles. The molecule has 88 valence electrons. The molecule has 6 heteroatoms. The number of rotatable bonds is 3. The van der Waals surface area contributed by atoms with Crippen LogP contribution in [0.5, 0.6) is 0 Å². The second-order valence-corrected chi connectivity index (χ2v) is 3.55. The lowest BCUT2D eigenvalue weighted by molar-refractivity contribution is 0.0648. The molecule has 1 saturated heterocycles. The Hall–Kier alpha value is -1.53. The van der Waals surface area contributed by atoms with E-state index in [2.05, 4.69) is 0 Å². The predicted octanol–water partition coefficient (Wildman–Crippen LogP) is 0.175. The van der Waals surface area contributed by atoms with Gasteiger partial charge in [0.1, 0.15) is 0 Å². The van der Waals surface area contributed by atoms with Gasteiger partial charge in [0.2, 0.25) is 5.76 Å². The van der Waals surface area contributed by atoms with Crippen molar-refractivity contribution in [1.29, 1.82) is 0 Å². The summed E-state index contributed by atoms with van der Waals surface area (Å²) in [5, 5.41) is 17.9. The number of morpholine rings is 1. The molecule has 1 fully saturated rings. The van der Waals surface area contributed by atoms with E-state index in [1.807, 2.05) is 4.90 Å². The SMILES string of the molecule is O=C(O)c1ccc(N2CCOCC2CO)o1. The summed E-state index contributed by atoms with van der Waals surface area (Å²) < 4.78 is 10.4. The van der Waals surface area contributed by atoms with Crippen molar-refractivity contribution in [2.24, 2.45) is 0 Å². The van der Waals surface area contributed by atoms with Gasteiger partial charge in [0.05, 0.1) is 25.9 Å². The van der Waals surface area contributed by atoms with E-state index in [-0.39, 0.29) is 18.4 Å². The third-order valence-corrected chi connectivity index (χ3v) is 2.52. The zero-order valence-electron chi connectivity index (χ0n) is 8.63. The number of nitrogens with zero attached hydrogens (tertiary/aromatic N) is 1. The standard InChI is InChI=1S/C10H13NO5/c12-5-7-6-15-4-3-11(7)9-2-1-8(16-9)10(13)14/h1-2,7,12H,3-6H2,(H,13,14). The number of aliphatic hydroxyl groups excluding tert-OH is 1. The van der Waals surface area contributed by atoms with E-state index in [0.29, 0.717) is 25.6 Å². The molecule has 1 unspecified atom stereocenters. The molecule has 0 bridgehead atoms. The fraction of sp³-hybridized carbons (Fsp3) is 0.500. The summed E-state index contributed by atoms with van der Waals surface area (Å²) in [6.07, 6.45) is 0. The van der Waals surface area contributed by atoms with Gasteiger partial charge < -0.3 is 24.3 Å². The first-order valence-electron chi connectivity index (χ1n) is 5.00. The molecule has 6 nitrogen and oxygen atoms in total. The molecule has 0 radical (unpaired) electrons. The number of carboxylic acids is 1. The molecule has 1 atom stereocenters. The van der Waals surface area contributed by atoms with Crippen LogP contribution in [-0.2, 0) is 4.74 Å². The first-order chi connectivity index (χ1) is 7.72. The molecule has 0 amide bonds. The Kier molecular flexibility index (Phi) is 3.12. The average molecular weight is 227 g/mol. The first-order valence-corrected chi connectivity index (χ1v) is 5.00. The number of carboxylic acid groups (broad SMARTS) is 1. The quantitative estimate of drug-likeness (QED) is 0.766. The van der Waals surface area contributed by atoms with Gasteiger partial charge in [-0.15, -0.1) is 0 Å². The minimum absolute atomic E-state index is 0.0525. The minimum Gasteiger partial charge on any atom is -0.475 e. The molecule has 1 aromatic rings. The van der Waals surface area contributed by atoms with Crippen molar-refractivity contribution in [3.05, 3.63) is 17.9 Å². The third-order valence-electron chi connectivity index (χ3n) is 2.52. The predicted molar refractivity (Wildman–Crippen MR) is 54.7 cm³/mol. The molecular weight excluding hydrogens is 214 g/mol. The van der Waals surface area contributed by atoms with E-state index < -0.39 is 5.97 Å². The van der Waals surface area contributed by atoms with Gasteiger partial charge in [0.25, 0.3) is 0 Å². The van der Waals surface area contributed by atoms with E-state index in [0.717, 1.165) is 0 Å². The smallest absolute Gasteiger partial charge is 0.371 e. The van der Waals surface area contributed by atoms with Crippen LogP contribution in [0.4, 0.5) is 5.88 Å². The highest BCUT2D eigenvalue weighted by atomic mass is 16.5. The molecule has 0 aliphatic carbocycles. The second-order valence-electron chi connectivity index (χ2n) is 3.55. The molecule has 1 aromatic heterocycles. The van der Waals surface area contributed by atoms with Crippen molar-refractivity contribution in [3.8, 4) is 0 Å². The maximum atomic E-state index is 10.7. The van der Waals surface area contributed by atoms with Crippen LogP contribution in [-0.4, -0.2) is 48.6 Å². The molecule has 0 spiro atoms. The van der Waals surface area contributed by atoms with Crippen molar-refractivity contribution in [2.75, 3.05) is 31.3 Å². The van der Waals surface area contributed by atoms with Gasteiger partial charge in [-0.05, 0) is 6.07 Å². The van der Waals surface area contributed by atoms with Crippen LogP contribution in [0, 0.1) is 0 Å². The highest BCUT2D eigenvalue weighted by molar-refractivity contribution is 5.84. The lowest BCUT2D eigenvalue weighted by atomic mass is 10.2. The average Bonchev–Trinajstić information content (AvgIpc) is 2.78. The Morgan fingerprint density at radius 3 is 3.00 bits per heavy atom. The Balaban J connectivity index is 2.17. The Bertz CT molecular complexity index is 375.